The van der Waals surface area contributed by atoms with Crippen LogP contribution in [0.1, 0.15) is 13.3 Å². The van der Waals surface area contributed by atoms with Gasteiger partial charge in [-0.05, 0) is 6.42 Å². The van der Waals surface area contributed by atoms with Gasteiger partial charge in [-0.2, -0.15) is 17.4 Å². The van der Waals surface area contributed by atoms with Crippen molar-refractivity contribution in [3.8, 4) is 0 Å². The van der Waals surface area contributed by atoms with Crippen LogP contribution in [-0.2, 0) is 10.2 Å². The van der Waals surface area contributed by atoms with E-state index in [1.54, 1.807) is 6.92 Å². The average molecular weight is 196 g/mol. The minimum atomic E-state index is -3.40. The maximum absolute atomic E-state index is 11.2. The van der Waals surface area contributed by atoms with Gasteiger partial charge in [0.05, 0.1) is 6.61 Å². The van der Waals surface area contributed by atoms with E-state index in [1.165, 1.54) is 14.1 Å². The number of hydrogen-bond acceptors (Lipinski definition) is 3. The zero-order valence-corrected chi connectivity index (χ0v) is 8.43. The molecular weight excluding hydrogens is 180 g/mol. The predicted octanol–water partition coefficient (Wildman–Crippen LogP) is -0.847. The Balaban J connectivity index is 4.23. The van der Waals surface area contributed by atoms with Crippen molar-refractivity contribution in [2.24, 2.45) is 0 Å². The van der Waals surface area contributed by atoms with Crippen LogP contribution in [0.4, 0.5) is 0 Å². The Labute approximate surface area is 73.6 Å². The Morgan fingerprint density at radius 2 is 2.00 bits per heavy atom. The van der Waals surface area contributed by atoms with Crippen molar-refractivity contribution in [3.63, 3.8) is 0 Å². The van der Waals surface area contributed by atoms with Gasteiger partial charge in [-0.3, -0.25) is 0 Å². The molecule has 0 radical (unpaired) electrons. The van der Waals surface area contributed by atoms with E-state index in [1.807, 2.05) is 0 Å². The van der Waals surface area contributed by atoms with Gasteiger partial charge in [0.15, 0.2) is 0 Å². The van der Waals surface area contributed by atoms with E-state index in [2.05, 4.69) is 4.72 Å². The van der Waals surface area contributed by atoms with E-state index in [0.29, 0.717) is 6.42 Å². The molecule has 5 nitrogen and oxygen atoms in total. The van der Waals surface area contributed by atoms with E-state index < -0.39 is 16.3 Å². The van der Waals surface area contributed by atoms with E-state index in [9.17, 15) is 8.42 Å². The molecular formula is C6H16N2O3S. The van der Waals surface area contributed by atoms with Crippen LogP contribution in [-0.4, -0.2) is 44.6 Å². The van der Waals surface area contributed by atoms with Gasteiger partial charge in [0, 0.05) is 20.1 Å². The minimum absolute atomic E-state index is 0.177. The first kappa shape index (κ1) is 11.8. The molecule has 0 rings (SSSR count). The van der Waals surface area contributed by atoms with Gasteiger partial charge in [-0.1, -0.05) is 6.92 Å². The molecule has 0 aromatic rings. The molecule has 0 amide bonds. The Kier molecular flexibility index (Phi) is 4.69. The number of aliphatic hydroxyl groups excluding tert-OH is 1. The van der Waals surface area contributed by atoms with Crippen molar-refractivity contribution in [1.29, 1.82) is 0 Å². The highest BCUT2D eigenvalue weighted by Crippen LogP contribution is 1.95. The quantitative estimate of drug-likeness (QED) is 0.602. The molecule has 0 aromatic heterocycles. The molecule has 6 heteroatoms. The van der Waals surface area contributed by atoms with Crippen LogP contribution in [0.2, 0.25) is 0 Å². The second kappa shape index (κ2) is 4.76. The summed E-state index contributed by atoms with van der Waals surface area (Å²) in [5, 5.41) is 8.73. The molecule has 0 aromatic carbocycles. The first-order chi connectivity index (χ1) is 5.44. The van der Waals surface area contributed by atoms with Crippen LogP contribution in [0.5, 0.6) is 0 Å². The monoisotopic (exact) mass is 196 g/mol. The lowest BCUT2D eigenvalue weighted by molar-refractivity contribution is 0.252. The van der Waals surface area contributed by atoms with Gasteiger partial charge in [-0.15, -0.1) is 0 Å². The summed E-state index contributed by atoms with van der Waals surface area (Å²) in [5.41, 5.74) is 0. The molecule has 1 atom stereocenters. The molecule has 0 aliphatic rings. The number of aliphatic hydroxyl groups is 1. The smallest absolute Gasteiger partial charge is 0.279 e. The topological polar surface area (TPSA) is 69.6 Å². The van der Waals surface area contributed by atoms with E-state index in [4.69, 9.17) is 5.11 Å². The molecule has 2 N–H and O–H groups in total. The van der Waals surface area contributed by atoms with Gasteiger partial charge in [0.2, 0.25) is 0 Å². The average Bonchev–Trinajstić information content (AvgIpc) is 2.00. The Bertz CT molecular complexity index is 209. The fourth-order valence-corrected chi connectivity index (χ4v) is 1.44. The second-order valence-corrected chi connectivity index (χ2v) is 4.61. The summed E-state index contributed by atoms with van der Waals surface area (Å²) in [6.45, 7) is 1.63. The first-order valence-corrected chi connectivity index (χ1v) is 5.18. The third-order valence-corrected chi connectivity index (χ3v) is 3.10. The maximum Gasteiger partial charge on any atom is 0.279 e. The second-order valence-electron chi connectivity index (χ2n) is 2.69. The summed E-state index contributed by atoms with van der Waals surface area (Å²) in [6, 6.07) is -0.391. The lowest BCUT2D eigenvalue weighted by atomic mass is 10.3. The standard InChI is InChI=1S/C6H16N2O3S/c1-4-6(5-9)7-12(10,11)8(2)3/h6-7,9H,4-5H2,1-3H3/t6-/m1/s1. The molecule has 12 heavy (non-hydrogen) atoms. The van der Waals surface area contributed by atoms with Gasteiger partial charge in [0.25, 0.3) is 10.2 Å². The van der Waals surface area contributed by atoms with Crippen LogP contribution in [0.25, 0.3) is 0 Å². The summed E-state index contributed by atoms with van der Waals surface area (Å²) >= 11 is 0. The van der Waals surface area contributed by atoms with Crippen molar-refractivity contribution in [2.45, 2.75) is 19.4 Å². The summed E-state index contributed by atoms with van der Waals surface area (Å²) in [6.07, 6.45) is 0.573. The third kappa shape index (κ3) is 3.48. The molecule has 0 saturated heterocycles. The Hall–Kier alpha value is -0.170. The molecule has 0 spiro atoms. The van der Waals surface area contributed by atoms with Crippen LogP contribution in [0.15, 0.2) is 0 Å². The lowest BCUT2D eigenvalue weighted by Crippen LogP contribution is -2.43. The van der Waals surface area contributed by atoms with Gasteiger partial charge >= 0.3 is 0 Å². The lowest BCUT2D eigenvalue weighted by Gasteiger charge is -2.17. The van der Waals surface area contributed by atoms with E-state index >= 15 is 0 Å². The molecule has 74 valence electrons. The minimum Gasteiger partial charge on any atom is -0.395 e. The van der Waals surface area contributed by atoms with Gasteiger partial charge < -0.3 is 5.11 Å². The summed E-state index contributed by atoms with van der Waals surface area (Å²) in [5.74, 6) is 0. The van der Waals surface area contributed by atoms with Crippen LogP contribution < -0.4 is 4.72 Å². The number of nitrogens with one attached hydrogen (secondary N) is 1. The Morgan fingerprint density at radius 1 is 1.50 bits per heavy atom. The number of rotatable bonds is 5. The largest absolute Gasteiger partial charge is 0.395 e. The normalized spacial score (nSPS) is 15.1. The molecule has 0 bridgehead atoms. The van der Waals surface area contributed by atoms with Crippen LogP contribution in [0, 0.1) is 0 Å². The SMILES string of the molecule is CC[C@H](CO)NS(=O)(=O)N(C)C. The zero-order chi connectivity index (χ0) is 9.78. The highest BCUT2D eigenvalue weighted by atomic mass is 32.2. The van der Waals surface area contributed by atoms with Gasteiger partial charge in [0.1, 0.15) is 0 Å². The summed E-state index contributed by atoms with van der Waals surface area (Å²) < 4.78 is 25.7. The molecule has 0 fully saturated rings. The fraction of sp³-hybridized carbons (Fsp3) is 1.00. The molecule has 0 saturated carbocycles. The van der Waals surface area contributed by atoms with Crippen molar-refractivity contribution >= 4 is 10.2 Å². The van der Waals surface area contributed by atoms with Crippen molar-refractivity contribution in [2.75, 3.05) is 20.7 Å². The zero-order valence-electron chi connectivity index (χ0n) is 7.61. The number of nitrogens with zero attached hydrogens (tertiary/aromatic N) is 1. The van der Waals surface area contributed by atoms with Gasteiger partial charge in [-0.25, -0.2) is 0 Å². The third-order valence-electron chi connectivity index (χ3n) is 1.51. The van der Waals surface area contributed by atoms with E-state index in [0.717, 1.165) is 4.31 Å². The maximum atomic E-state index is 11.2. The van der Waals surface area contributed by atoms with E-state index in [-0.39, 0.29) is 6.61 Å². The van der Waals surface area contributed by atoms with Crippen LogP contribution in [0.3, 0.4) is 0 Å². The van der Waals surface area contributed by atoms with Crippen molar-refractivity contribution < 1.29 is 13.5 Å². The summed E-state index contributed by atoms with van der Waals surface area (Å²) in [7, 11) is -0.524. The molecule has 0 aliphatic heterocycles. The Morgan fingerprint density at radius 3 is 2.25 bits per heavy atom. The summed E-state index contributed by atoms with van der Waals surface area (Å²) in [4.78, 5) is 0. The van der Waals surface area contributed by atoms with Crippen molar-refractivity contribution in [3.05, 3.63) is 0 Å². The predicted molar refractivity (Wildman–Crippen MR) is 46.9 cm³/mol. The molecule has 0 aliphatic carbocycles. The highest BCUT2D eigenvalue weighted by Gasteiger charge is 2.17. The highest BCUT2D eigenvalue weighted by molar-refractivity contribution is 7.87. The molecule has 0 heterocycles. The number of hydrogen-bond donors (Lipinski definition) is 2. The van der Waals surface area contributed by atoms with Crippen LogP contribution >= 0.6 is 0 Å². The first-order valence-electron chi connectivity index (χ1n) is 3.74. The van der Waals surface area contributed by atoms with Crippen molar-refractivity contribution in [1.82, 2.24) is 9.03 Å². The molecule has 0 unspecified atom stereocenters. The fourth-order valence-electron chi connectivity index (χ4n) is 0.566.